The van der Waals surface area contributed by atoms with Gasteiger partial charge in [0.05, 0.1) is 79.1 Å². The molecule has 1 unspecified atom stereocenters. The molecule has 4 aliphatic rings. The highest BCUT2D eigenvalue weighted by Gasteiger charge is 2.39. The molecule has 32 heteroatoms. The van der Waals surface area contributed by atoms with E-state index in [-0.39, 0.29) is 123 Å². The number of hydrogen-bond acceptors (Lipinski definition) is 20. The molecule has 0 radical (unpaired) electrons. The Balaban J connectivity index is 0.000000205. The van der Waals surface area contributed by atoms with Gasteiger partial charge in [0.1, 0.15) is 11.5 Å². The van der Waals surface area contributed by atoms with Crippen LogP contribution in [0.3, 0.4) is 0 Å². The van der Waals surface area contributed by atoms with Crippen molar-refractivity contribution in [3.8, 4) is 23.0 Å². The van der Waals surface area contributed by atoms with E-state index in [1.165, 1.54) is 18.8 Å². The van der Waals surface area contributed by atoms with Gasteiger partial charge >= 0.3 is 5.97 Å². The summed E-state index contributed by atoms with van der Waals surface area (Å²) < 4.78 is 28.9. The van der Waals surface area contributed by atoms with Crippen LogP contribution in [0.25, 0.3) is 0 Å². The van der Waals surface area contributed by atoms with E-state index >= 15 is 0 Å². The lowest BCUT2D eigenvalue weighted by Gasteiger charge is -2.23. The second-order valence-electron chi connectivity index (χ2n) is 26.9. The van der Waals surface area contributed by atoms with E-state index in [0.29, 0.717) is 107 Å². The number of carbonyl (C=O) groups excluding carboxylic acids is 7. The number of nitrogen functional groups attached to an aromatic ring is 1. The van der Waals surface area contributed by atoms with Gasteiger partial charge in [0.15, 0.2) is 34.6 Å². The maximum atomic E-state index is 13.6. The Labute approximate surface area is 642 Å². The van der Waals surface area contributed by atoms with Gasteiger partial charge in [-0.1, -0.05) is 90.4 Å². The maximum Gasteiger partial charge on any atom is 0.303 e. The Morgan fingerprint density at radius 3 is 1.62 bits per heavy atom. The average molecular weight is 1550 g/mol. The Morgan fingerprint density at radius 2 is 1.13 bits per heavy atom. The summed E-state index contributed by atoms with van der Waals surface area (Å²) in [6.07, 6.45) is 17.4. The van der Waals surface area contributed by atoms with Gasteiger partial charge in [0, 0.05) is 137 Å². The van der Waals surface area contributed by atoms with Crippen molar-refractivity contribution < 1.29 is 62.4 Å². The van der Waals surface area contributed by atoms with E-state index in [2.05, 4.69) is 68.9 Å². The standard InChI is InChI=1S/C38H43N7O6S2.C21H20N2O5.C16H24N6O2S2.CH4/c1-38(2,53(6)52)14-13-30(46)29-17-24(21-43(29)3)40-36(48)35-42-33(22-44(35)4)41-34(47)12-9-15-51-32-19-27-26(18-31(32)50-5)37(49)45-25(20-39-27)16-23-10-7-8-11-28(23)45;1-27-18-10-15-16(11-19(18)28-8-4-7-20(24)25)22-12-14-9-13-5-2-3-6-17(13)23(14)21(15)26;1-16(2,26-25-5)9-18-14(23)11-6-10(7-21(11)3)19-15(24)13-20-12(17)8-22(13)4;/h7-8,10-11,17-22,25H,9,12-16H2,1-6H3,(H,40,48)(H,41,47);2-3,5-6,10-12,14H,4,7-9H2,1H3,(H,24,25);6-8H,9,17H2,1-5H3,(H,18,23)(H,19,24);1H4/t25-,53?;14-;;/m00../s1. The first-order valence-corrected chi connectivity index (χ1v) is 39.3. The van der Waals surface area contributed by atoms with Gasteiger partial charge < -0.3 is 69.3 Å². The number of para-hydroxylation sites is 2. The lowest BCUT2D eigenvalue weighted by molar-refractivity contribution is -0.137. The summed E-state index contributed by atoms with van der Waals surface area (Å²) in [6, 6.07) is 25.4. The quantitative estimate of drug-likeness (QED) is 0.0158. The number of carboxylic acids is 1. The molecule has 28 nitrogen and oxygen atoms in total. The Kier molecular flexibility index (Phi) is 26.7. The Morgan fingerprint density at radius 1 is 0.639 bits per heavy atom. The number of carbonyl (C=O) groups is 8. The summed E-state index contributed by atoms with van der Waals surface area (Å²) in [5.41, 5.74) is 13.4. The number of aliphatic imine (C=N–C) groups is 2. The normalized spacial score (nSPS) is 14.6. The second kappa shape index (κ2) is 35.4. The topological polar surface area (TPSA) is 345 Å². The molecule has 0 saturated carbocycles. The zero-order valence-electron chi connectivity index (χ0n) is 61.5. The van der Waals surface area contributed by atoms with E-state index in [4.69, 9.17) is 41.0 Å². The minimum atomic E-state index is -0.867. The van der Waals surface area contributed by atoms with Gasteiger partial charge in [0.25, 0.3) is 29.5 Å². The van der Waals surface area contributed by atoms with Crippen molar-refractivity contribution in [2.45, 2.75) is 108 Å². The highest BCUT2D eigenvalue weighted by molar-refractivity contribution is 8.77. The molecule has 12 rings (SSSR count). The number of nitrogens with zero attached hydrogens (tertiary/aromatic N) is 10. The number of ketones is 1. The van der Waals surface area contributed by atoms with Crippen LogP contribution in [0.4, 0.5) is 45.8 Å². The molecule has 3 atom stereocenters. The fourth-order valence-electron chi connectivity index (χ4n) is 12.3. The maximum absolute atomic E-state index is 13.6. The molecule has 572 valence electrons. The molecule has 0 spiro atoms. The van der Waals surface area contributed by atoms with E-state index in [1.54, 1.807) is 147 Å². The first-order chi connectivity index (χ1) is 51.0. The molecular formula is C76H91N15O13S4. The fourth-order valence-corrected chi connectivity index (χ4v) is 15.1. The molecule has 0 fully saturated rings. The molecular weight excluding hydrogens is 1460 g/mol. The van der Waals surface area contributed by atoms with Crippen LogP contribution in [0.1, 0.15) is 148 Å². The zero-order chi connectivity index (χ0) is 77.2. The number of methoxy groups -OCH3 is 2. The van der Waals surface area contributed by atoms with Crippen molar-refractivity contribution >= 4 is 148 Å². The molecule has 0 aliphatic carbocycles. The van der Waals surface area contributed by atoms with Crippen molar-refractivity contribution in [1.82, 2.24) is 33.6 Å². The van der Waals surface area contributed by atoms with Crippen molar-refractivity contribution in [2.75, 3.05) is 78.0 Å². The number of hydrogen-bond donors (Lipinski definition) is 6. The Hall–Kier alpha value is -10.6. The third-order valence-corrected chi connectivity index (χ3v) is 23.8. The van der Waals surface area contributed by atoms with Crippen LogP contribution in [0.5, 0.6) is 23.0 Å². The first-order valence-electron chi connectivity index (χ1n) is 34.2. The third kappa shape index (κ3) is 19.4. The fraction of sp³-hybridized carbons (Fsp3) is 0.368. The number of aryl methyl sites for hydroxylation is 4. The number of Topliss-reactive ketones (excluding diaryl/α,β-unsaturated/α-hetero) is 1. The molecule has 6 amide bonds. The van der Waals surface area contributed by atoms with Crippen LogP contribution in [0.2, 0.25) is 0 Å². The molecule has 4 aromatic carbocycles. The monoisotopic (exact) mass is 1550 g/mol. The minimum Gasteiger partial charge on any atom is -0.493 e. The highest BCUT2D eigenvalue weighted by Crippen LogP contribution is 2.43. The van der Waals surface area contributed by atoms with E-state index in [9.17, 15) is 38.4 Å². The van der Waals surface area contributed by atoms with Crippen LogP contribution in [0.15, 0.2) is 120 Å². The summed E-state index contributed by atoms with van der Waals surface area (Å²) in [5.74, 6) is -0.0784. The number of nitrogens with one attached hydrogen (secondary N) is 4. The smallest absolute Gasteiger partial charge is 0.303 e. The number of benzene rings is 4. The Bertz CT molecular complexity index is 4820. The molecule has 7 N–H and O–H groups in total. The van der Waals surface area contributed by atoms with Crippen molar-refractivity contribution in [2.24, 2.45) is 38.2 Å². The summed E-state index contributed by atoms with van der Waals surface area (Å²) in [4.78, 5) is 122. The van der Waals surface area contributed by atoms with Crippen LogP contribution in [0, 0.1) is 0 Å². The molecule has 0 saturated heterocycles. The number of fused-ring (bicyclic) bond motifs is 8. The predicted octanol–water partition coefficient (Wildman–Crippen LogP) is 11.5. The highest BCUT2D eigenvalue weighted by atomic mass is 33.1. The summed E-state index contributed by atoms with van der Waals surface area (Å²) in [6.45, 7) is 9.27. The lowest BCUT2D eigenvalue weighted by atomic mass is 10.0. The van der Waals surface area contributed by atoms with Crippen LogP contribution < -0.4 is 55.7 Å². The van der Waals surface area contributed by atoms with Gasteiger partial charge in [-0.2, -0.15) is 0 Å². The number of anilines is 6. The summed E-state index contributed by atoms with van der Waals surface area (Å²) >= 11 is 5.44. The largest absolute Gasteiger partial charge is 0.493 e. The molecule has 4 aromatic heterocycles. The number of aromatic nitrogens is 6. The van der Waals surface area contributed by atoms with Gasteiger partial charge in [-0.15, -0.1) is 9.45 Å². The van der Waals surface area contributed by atoms with E-state index in [1.807, 2.05) is 61.0 Å². The number of carboxylic acid groups (broad SMARTS) is 1. The average Bonchev–Trinajstić information content (AvgIpc) is 1.61. The van der Waals surface area contributed by atoms with Gasteiger partial charge in [-0.05, 0) is 93.1 Å². The van der Waals surface area contributed by atoms with Crippen molar-refractivity contribution in [3.05, 3.63) is 155 Å². The number of nitrogens with two attached hydrogens (primary N) is 1. The first kappa shape index (κ1) is 81.5. The second-order valence-corrected chi connectivity index (χ2v) is 33.6. The summed E-state index contributed by atoms with van der Waals surface area (Å²) in [7, 11) is 13.0. The summed E-state index contributed by atoms with van der Waals surface area (Å²) in [5, 5.41) is 19.9. The SMILES string of the molecule is C.COc1cc2c(cc1OCCCC(=O)Nc1cn(C)c(C(=O)Nc3cc(C(=O)CCC(C)(C)S(C)=S)n(C)c3)n1)N=C[C@@H]1Cc3ccccc3N1C2=O.COc1cc2c(cc1OCCCC(=O)O)N=C[C@@H]1Cc3ccccc3N1C2=O.CSSC(C)(C)CNC(=O)c1cc(NC(=O)c2nc(N)cn2C)cn1C. The lowest BCUT2D eigenvalue weighted by Crippen LogP contribution is -2.37. The molecule has 108 heavy (non-hydrogen) atoms. The number of amides is 6. The predicted molar refractivity (Wildman–Crippen MR) is 430 cm³/mol. The van der Waals surface area contributed by atoms with Crippen LogP contribution in [-0.2, 0) is 71.3 Å². The van der Waals surface area contributed by atoms with E-state index < -0.39 is 11.9 Å². The van der Waals surface area contributed by atoms with Crippen LogP contribution >= 0.6 is 21.6 Å². The molecule has 8 aromatic rings. The number of rotatable bonds is 27. The van der Waals surface area contributed by atoms with Gasteiger partial charge in [-0.25, -0.2) is 9.97 Å². The minimum absolute atomic E-state index is 0. The third-order valence-electron chi connectivity index (χ3n) is 18.1. The van der Waals surface area contributed by atoms with E-state index in [0.717, 1.165) is 28.9 Å². The number of ether oxygens (including phenoxy) is 4. The molecule has 0 bridgehead atoms. The van der Waals surface area contributed by atoms with Crippen molar-refractivity contribution in [3.63, 3.8) is 0 Å². The number of imidazole rings is 2. The molecule has 4 aliphatic heterocycles. The van der Waals surface area contributed by atoms with Crippen molar-refractivity contribution in [1.29, 1.82) is 0 Å². The van der Waals surface area contributed by atoms with Gasteiger partial charge in [-0.3, -0.25) is 58.1 Å². The van der Waals surface area contributed by atoms with Gasteiger partial charge in [0.2, 0.25) is 17.6 Å². The van der Waals surface area contributed by atoms with Crippen LogP contribution in [-0.4, -0.2) is 161 Å². The zero-order valence-corrected chi connectivity index (χ0v) is 64.8. The molecule has 8 heterocycles. The number of aliphatic carboxylic acids is 1.